The monoisotopic (exact) mass is 208 g/mol. The van der Waals surface area contributed by atoms with Crippen LogP contribution in [0.3, 0.4) is 0 Å². The molecule has 3 nitrogen and oxygen atoms in total. The lowest BCUT2D eigenvalue weighted by molar-refractivity contribution is 0.474. The largest absolute Gasteiger partial charge is 0.508 e. The molecule has 0 bridgehead atoms. The summed E-state index contributed by atoms with van der Waals surface area (Å²) in [6.07, 6.45) is 4.02. The predicted octanol–water partition coefficient (Wildman–Crippen LogP) is 1.39. The number of phenolic OH excluding ortho intramolecular Hbond substituents is 1. The van der Waals surface area contributed by atoms with Gasteiger partial charge in [-0.1, -0.05) is 18.6 Å². The average Bonchev–Trinajstić information content (AvgIpc) is 2.22. The van der Waals surface area contributed by atoms with Gasteiger partial charge in [0.15, 0.2) is 0 Å². The Labute approximate surface area is 91.1 Å². The van der Waals surface area contributed by atoms with E-state index in [1.54, 1.807) is 12.1 Å². The van der Waals surface area contributed by atoms with Gasteiger partial charge in [0.05, 0.1) is 0 Å². The van der Waals surface area contributed by atoms with E-state index in [0.717, 1.165) is 32.2 Å². The van der Waals surface area contributed by atoms with Gasteiger partial charge in [-0.05, 0) is 43.5 Å². The fraction of sp³-hybridized carbons (Fsp3) is 0.500. The van der Waals surface area contributed by atoms with Crippen LogP contribution in [0.1, 0.15) is 24.8 Å². The maximum absolute atomic E-state index is 9.12. The standard InChI is InChI=1S/C12H20N2O/c13-8-2-1-3-11(14)9-10-4-6-12(15)7-5-10/h4-7,11,15H,1-3,8-9,13-14H2. The summed E-state index contributed by atoms with van der Waals surface area (Å²) in [5.74, 6) is 0.301. The third-order valence-electron chi connectivity index (χ3n) is 2.46. The van der Waals surface area contributed by atoms with Crippen LogP contribution in [0.15, 0.2) is 24.3 Å². The van der Waals surface area contributed by atoms with Gasteiger partial charge in [0.25, 0.3) is 0 Å². The van der Waals surface area contributed by atoms with Crippen LogP contribution in [0, 0.1) is 0 Å². The molecule has 0 aliphatic rings. The highest BCUT2D eigenvalue weighted by Crippen LogP contribution is 2.12. The van der Waals surface area contributed by atoms with Gasteiger partial charge in [0.2, 0.25) is 0 Å². The fourth-order valence-corrected chi connectivity index (χ4v) is 1.59. The van der Waals surface area contributed by atoms with Gasteiger partial charge >= 0.3 is 0 Å². The Bertz CT molecular complexity index is 271. The molecule has 1 aromatic carbocycles. The van der Waals surface area contributed by atoms with Crippen LogP contribution < -0.4 is 11.5 Å². The first-order valence-electron chi connectivity index (χ1n) is 5.46. The Morgan fingerprint density at radius 1 is 1.13 bits per heavy atom. The normalized spacial score (nSPS) is 12.7. The van der Waals surface area contributed by atoms with E-state index in [9.17, 15) is 0 Å². The van der Waals surface area contributed by atoms with E-state index in [0.29, 0.717) is 5.75 Å². The van der Waals surface area contributed by atoms with Crippen LogP contribution in [0.25, 0.3) is 0 Å². The lowest BCUT2D eigenvalue weighted by atomic mass is 10.0. The van der Waals surface area contributed by atoms with Crippen LogP contribution in [-0.2, 0) is 6.42 Å². The molecule has 0 heterocycles. The van der Waals surface area contributed by atoms with Crippen molar-refractivity contribution < 1.29 is 5.11 Å². The molecule has 3 heteroatoms. The van der Waals surface area contributed by atoms with Crippen LogP contribution in [0.2, 0.25) is 0 Å². The number of unbranched alkanes of at least 4 members (excludes halogenated alkanes) is 1. The van der Waals surface area contributed by atoms with E-state index in [1.165, 1.54) is 5.56 Å². The van der Waals surface area contributed by atoms with Crippen molar-refractivity contribution in [2.75, 3.05) is 6.54 Å². The molecule has 1 aromatic rings. The molecule has 1 unspecified atom stereocenters. The highest BCUT2D eigenvalue weighted by atomic mass is 16.3. The Kier molecular flexibility index (Phi) is 5.15. The van der Waals surface area contributed by atoms with E-state index in [1.807, 2.05) is 12.1 Å². The summed E-state index contributed by atoms with van der Waals surface area (Å²) in [6, 6.07) is 7.42. The zero-order valence-electron chi connectivity index (χ0n) is 9.02. The first-order chi connectivity index (χ1) is 7.22. The highest BCUT2D eigenvalue weighted by molar-refractivity contribution is 5.26. The Morgan fingerprint density at radius 2 is 1.80 bits per heavy atom. The number of nitrogens with two attached hydrogens (primary N) is 2. The molecular formula is C12H20N2O. The minimum Gasteiger partial charge on any atom is -0.508 e. The minimum atomic E-state index is 0.195. The maximum atomic E-state index is 9.12. The van der Waals surface area contributed by atoms with E-state index < -0.39 is 0 Å². The second-order valence-corrected chi connectivity index (χ2v) is 3.92. The van der Waals surface area contributed by atoms with Crippen molar-refractivity contribution in [2.24, 2.45) is 11.5 Å². The lowest BCUT2D eigenvalue weighted by Crippen LogP contribution is -2.22. The molecule has 0 fully saturated rings. The first-order valence-corrected chi connectivity index (χ1v) is 5.46. The third-order valence-corrected chi connectivity index (χ3v) is 2.46. The van der Waals surface area contributed by atoms with Crippen molar-refractivity contribution in [2.45, 2.75) is 31.7 Å². The molecule has 5 N–H and O–H groups in total. The average molecular weight is 208 g/mol. The van der Waals surface area contributed by atoms with Crippen molar-refractivity contribution >= 4 is 0 Å². The van der Waals surface area contributed by atoms with Gasteiger partial charge < -0.3 is 16.6 Å². The quantitative estimate of drug-likeness (QED) is 0.619. The van der Waals surface area contributed by atoms with Crippen molar-refractivity contribution in [1.29, 1.82) is 0 Å². The minimum absolute atomic E-state index is 0.195. The third kappa shape index (κ3) is 4.81. The second-order valence-electron chi connectivity index (χ2n) is 3.92. The molecule has 0 amide bonds. The number of aromatic hydroxyl groups is 1. The summed E-state index contributed by atoms with van der Waals surface area (Å²) in [5.41, 5.74) is 12.6. The molecule has 0 aromatic heterocycles. The zero-order valence-corrected chi connectivity index (χ0v) is 9.02. The Balaban J connectivity index is 2.31. The van der Waals surface area contributed by atoms with Crippen LogP contribution in [-0.4, -0.2) is 17.7 Å². The predicted molar refractivity (Wildman–Crippen MR) is 62.7 cm³/mol. The second kappa shape index (κ2) is 6.43. The van der Waals surface area contributed by atoms with Gasteiger partial charge in [-0.15, -0.1) is 0 Å². The van der Waals surface area contributed by atoms with Crippen molar-refractivity contribution in [1.82, 2.24) is 0 Å². The first kappa shape index (κ1) is 12.0. The topological polar surface area (TPSA) is 72.3 Å². The highest BCUT2D eigenvalue weighted by Gasteiger charge is 2.03. The van der Waals surface area contributed by atoms with Gasteiger partial charge in [0.1, 0.15) is 5.75 Å². The molecule has 15 heavy (non-hydrogen) atoms. The van der Waals surface area contributed by atoms with Crippen LogP contribution >= 0.6 is 0 Å². The van der Waals surface area contributed by atoms with Crippen LogP contribution in [0.5, 0.6) is 5.75 Å². The molecule has 0 aliphatic carbocycles. The summed E-state index contributed by atoms with van der Waals surface area (Å²) >= 11 is 0. The van der Waals surface area contributed by atoms with Gasteiger partial charge in [0, 0.05) is 6.04 Å². The number of hydrogen-bond donors (Lipinski definition) is 3. The summed E-state index contributed by atoms with van der Waals surface area (Å²) in [7, 11) is 0. The van der Waals surface area contributed by atoms with Gasteiger partial charge in [-0.25, -0.2) is 0 Å². The van der Waals surface area contributed by atoms with E-state index in [2.05, 4.69) is 0 Å². The smallest absolute Gasteiger partial charge is 0.115 e. The molecule has 1 rings (SSSR count). The maximum Gasteiger partial charge on any atom is 0.115 e. The Hall–Kier alpha value is -1.06. The summed E-state index contributed by atoms with van der Waals surface area (Å²) in [4.78, 5) is 0. The molecule has 1 atom stereocenters. The molecular weight excluding hydrogens is 188 g/mol. The summed E-state index contributed by atoms with van der Waals surface area (Å²) in [5, 5.41) is 9.12. The number of hydrogen-bond acceptors (Lipinski definition) is 3. The molecule has 84 valence electrons. The molecule has 0 saturated heterocycles. The van der Waals surface area contributed by atoms with Crippen molar-refractivity contribution in [3.63, 3.8) is 0 Å². The SMILES string of the molecule is NCCCCC(N)Cc1ccc(O)cc1. The number of benzene rings is 1. The Morgan fingerprint density at radius 3 is 2.40 bits per heavy atom. The number of phenols is 1. The van der Waals surface area contributed by atoms with Crippen LogP contribution in [0.4, 0.5) is 0 Å². The van der Waals surface area contributed by atoms with E-state index in [4.69, 9.17) is 16.6 Å². The van der Waals surface area contributed by atoms with Gasteiger partial charge in [-0.2, -0.15) is 0 Å². The fourth-order valence-electron chi connectivity index (χ4n) is 1.59. The number of rotatable bonds is 6. The van der Waals surface area contributed by atoms with Crippen molar-refractivity contribution in [3.05, 3.63) is 29.8 Å². The van der Waals surface area contributed by atoms with E-state index in [-0.39, 0.29) is 6.04 Å². The molecule has 0 spiro atoms. The van der Waals surface area contributed by atoms with Crippen molar-refractivity contribution in [3.8, 4) is 5.75 Å². The van der Waals surface area contributed by atoms with Gasteiger partial charge in [-0.3, -0.25) is 0 Å². The van der Waals surface area contributed by atoms with E-state index >= 15 is 0 Å². The molecule has 0 radical (unpaired) electrons. The molecule has 0 aliphatic heterocycles. The summed E-state index contributed by atoms with van der Waals surface area (Å²) in [6.45, 7) is 0.742. The lowest BCUT2D eigenvalue weighted by Gasteiger charge is -2.11. The summed E-state index contributed by atoms with van der Waals surface area (Å²) < 4.78 is 0. The molecule has 0 saturated carbocycles. The zero-order chi connectivity index (χ0) is 11.1.